The van der Waals surface area contributed by atoms with Crippen molar-refractivity contribution in [3.8, 4) is 0 Å². The van der Waals surface area contributed by atoms with E-state index < -0.39 is 6.10 Å². The maximum atomic E-state index is 12.9. The summed E-state index contributed by atoms with van der Waals surface area (Å²) in [6, 6.07) is 0. The predicted molar refractivity (Wildman–Crippen MR) is 330 cm³/mol. The van der Waals surface area contributed by atoms with Crippen LogP contribution in [0.1, 0.15) is 335 Å². The molecule has 0 spiro atoms. The van der Waals surface area contributed by atoms with Gasteiger partial charge in [0, 0.05) is 19.3 Å². The minimum Gasteiger partial charge on any atom is -0.462 e. The van der Waals surface area contributed by atoms with Crippen molar-refractivity contribution in [1.82, 2.24) is 0 Å². The van der Waals surface area contributed by atoms with E-state index in [1.165, 1.54) is 199 Å². The first-order valence-corrected chi connectivity index (χ1v) is 32.9. The van der Waals surface area contributed by atoms with E-state index in [4.69, 9.17) is 14.2 Å². The second-order valence-electron chi connectivity index (χ2n) is 22.0. The van der Waals surface area contributed by atoms with Crippen LogP contribution in [0.3, 0.4) is 0 Å². The fourth-order valence-electron chi connectivity index (χ4n) is 9.57. The Bertz CT molecular complexity index is 1400. The topological polar surface area (TPSA) is 78.9 Å². The van der Waals surface area contributed by atoms with Gasteiger partial charge in [-0.1, -0.05) is 318 Å². The van der Waals surface area contributed by atoms with E-state index >= 15 is 0 Å². The van der Waals surface area contributed by atoms with Crippen molar-refractivity contribution in [2.75, 3.05) is 13.2 Å². The number of rotatable bonds is 60. The van der Waals surface area contributed by atoms with Crippen LogP contribution in [0, 0.1) is 0 Å². The van der Waals surface area contributed by atoms with Crippen LogP contribution in [-0.4, -0.2) is 37.2 Å². The standard InChI is InChI=1S/C70H124O6/c1-4-7-10-13-16-19-22-24-26-27-28-29-30-31-32-33-34-35-36-37-38-39-40-41-42-43-44-46-48-51-54-57-60-63-69(72)75-66-67(65-74-68(71)62-59-56-53-50-47-21-18-15-12-9-6-3)76-70(73)64-61-58-55-52-49-45-25-23-20-17-14-11-8-5-2/h7,10,16,19,24,26,28-29,31-32,34-35,67H,4-6,8-9,11-15,17-18,20-23,25,27,30,33,36-66H2,1-3H3/b10-7-,19-16-,26-24-,29-28-,32-31-,35-34-. The second kappa shape index (κ2) is 64.4. The predicted octanol–water partition coefficient (Wildman–Crippen LogP) is 22.5. The molecular formula is C70H124O6. The third-order valence-corrected chi connectivity index (χ3v) is 14.5. The summed E-state index contributed by atoms with van der Waals surface area (Å²) in [5.74, 6) is -0.851. The summed E-state index contributed by atoms with van der Waals surface area (Å²) in [5, 5.41) is 0. The molecule has 0 radical (unpaired) electrons. The van der Waals surface area contributed by atoms with Crippen LogP contribution in [0.5, 0.6) is 0 Å². The van der Waals surface area contributed by atoms with Gasteiger partial charge in [-0.2, -0.15) is 0 Å². The van der Waals surface area contributed by atoms with Gasteiger partial charge in [-0.25, -0.2) is 0 Å². The Hall–Kier alpha value is -3.15. The normalized spacial score (nSPS) is 12.5. The first kappa shape index (κ1) is 72.8. The number of hydrogen-bond donors (Lipinski definition) is 0. The number of esters is 3. The summed E-state index contributed by atoms with van der Waals surface area (Å²) in [6.45, 7) is 6.56. The van der Waals surface area contributed by atoms with E-state index in [0.717, 1.165) is 96.3 Å². The molecule has 0 fully saturated rings. The highest BCUT2D eigenvalue weighted by Crippen LogP contribution is 2.17. The fourth-order valence-corrected chi connectivity index (χ4v) is 9.57. The van der Waals surface area contributed by atoms with Gasteiger partial charge < -0.3 is 14.2 Å². The van der Waals surface area contributed by atoms with Gasteiger partial charge in [-0.3, -0.25) is 14.4 Å². The van der Waals surface area contributed by atoms with E-state index in [9.17, 15) is 14.4 Å². The van der Waals surface area contributed by atoms with Crippen LogP contribution in [0.25, 0.3) is 0 Å². The molecule has 0 bridgehead atoms. The number of allylic oxidation sites excluding steroid dienone is 12. The highest BCUT2D eigenvalue weighted by atomic mass is 16.6. The van der Waals surface area contributed by atoms with E-state index in [-0.39, 0.29) is 31.1 Å². The van der Waals surface area contributed by atoms with Crippen LogP contribution in [0.2, 0.25) is 0 Å². The molecule has 0 amide bonds. The molecule has 0 aromatic carbocycles. The molecule has 6 heteroatoms. The van der Waals surface area contributed by atoms with Gasteiger partial charge in [0.15, 0.2) is 6.10 Å². The number of hydrogen-bond acceptors (Lipinski definition) is 6. The smallest absolute Gasteiger partial charge is 0.306 e. The molecule has 0 rings (SSSR count). The van der Waals surface area contributed by atoms with Gasteiger partial charge in [0.1, 0.15) is 13.2 Å². The summed E-state index contributed by atoms with van der Waals surface area (Å²) >= 11 is 0. The zero-order valence-electron chi connectivity index (χ0n) is 50.5. The summed E-state index contributed by atoms with van der Waals surface area (Å²) in [6.07, 6.45) is 83.5. The monoisotopic (exact) mass is 1060 g/mol. The number of ether oxygens (including phenoxy) is 3. The van der Waals surface area contributed by atoms with E-state index in [0.29, 0.717) is 19.3 Å². The first-order chi connectivity index (χ1) is 37.5. The van der Waals surface area contributed by atoms with Crippen LogP contribution in [-0.2, 0) is 28.6 Å². The number of unbranched alkanes of at least 4 members (excludes halogenated alkanes) is 37. The molecule has 76 heavy (non-hydrogen) atoms. The Morgan fingerprint density at radius 2 is 0.513 bits per heavy atom. The molecule has 0 aliphatic heterocycles. The molecule has 0 aliphatic carbocycles. The van der Waals surface area contributed by atoms with Crippen LogP contribution >= 0.6 is 0 Å². The lowest BCUT2D eigenvalue weighted by molar-refractivity contribution is -0.167. The molecule has 0 saturated carbocycles. The molecule has 0 saturated heterocycles. The van der Waals surface area contributed by atoms with E-state index in [1.54, 1.807) is 0 Å². The van der Waals surface area contributed by atoms with Crippen molar-refractivity contribution >= 4 is 17.9 Å². The zero-order valence-corrected chi connectivity index (χ0v) is 50.5. The minimum absolute atomic E-state index is 0.0685. The quantitative estimate of drug-likeness (QED) is 0.0261. The lowest BCUT2D eigenvalue weighted by atomic mass is 10.0. The van der Waals surface area contributed by atoms with Crippen molar-refractivity contribution in [2.24, 2.45) is 0 Å². The Balaban J connectivity index is 4.11. The maximum Gasteiger partial charge on any atom is 0.306 e. The lowest BCUT2D eigenvalue weighted by Crippen LogP contribution is -2.30. The third kappa shape index (κ3) is 61.7. The summed E-state index contributed by atoms with van der Waals surface area (Å²) in [5.41, 5.74) is 0. The SMILES string of the molecule is CC/C=C\C/C=C\C/C=C\C/C=C\C/C=C\C/C=C\CCCCCCCCCCCCCCCCC(=O)OCC(COC(=O)CCCCCCCCCCCCC)OC(=O)CCCCCCCCCCCCCCCC. The fraction of sp³-hybridized carbons (Fsp3) is 0.786. The Morgan fingerprint density at radius 3 is 0.803 bits per heavy atom. The summed E-state index contributed by atoms with van der Waals surface area (Å²) in [7, 11) is 0. The van der Waals surface area contributed by atoms with E-state index in [1.807, 2.05) is 0 Å². The van der Waals surface area contributed by atoms with Crippen LogP contribution in [0.15, 0.2) is 72.9 Å². The average Bonchev–Trinajstić information content (AvgIpc) is 3.42. The molecule has 0 N–H and O–H groups in total. The molecule has 440 valence electrons. The van der Waals surface area contributed by atoms with Crippen LogP contribution in [0.4, 0.5) is 0 Å². The second-order valence-corrected chi connectivity index (χ2v) is 22.0. The highest BCUT2D eigenvalue weighted by Gasteiger charge is 2.19. The Labute approximate surface area is 472 Å². The molecule has 0 aromatic heterocycles. The molecular weight excluding hydrogens is 937 g/mol. The van der Waals surface area contributed by atoms with E-state index in [2.05, 4.69) is 93.7 Å². The third-order valence-electron chi connectivity index (χ3n) is 14.5. The van der Waals surface area contributed by atoms with Crippen molar-refractivity contribution in [2.45, 2.75) is 341 Å². The average molecular weight is 1060 g/mol. The number of carbonyl (C=O) groups excluding carboxylic acids is 3. The maximum absolute atomic E-state index is 12.9. The zero-order chi connectivity index (χ0) is 55.0. The minimum atomic E-state index is -0.769. The lowest BCUT2D eigenvalue weighted by Gasteiger charge is -2.18. The molecule has 0 aromatic rings. The molecule has 1 unspecified atom stereocenters. The first-order valence-electron chi connectivity index (χ1n) is 32.9. The number of carbonyl (C=O) groups is 3. The summed E-state index contributed by atoms with van der Waals surface area (Å²) < 4.78 is 16.9. The molecule has 0 heterocycles. The van der Waals surface area contributed by atoms with Gasteiger partial charge in [0.05, 0.1) is 0 Å². The van der Waals surface area contributed by atoms with Crippen molar-refractivity contribution in [1.29, 1.82) is 0 Å². The molecule has 1 atom stereocenters. The molecule has 6 nitrogen and oxygen atoms in total. The van der Waals surface area contributed by atoms with Gasteiger partial charge in [-0.05, 0) is 70.6 Å². The Kier molecular flexibility index (Phi) is 61.7. The highest BCUT2D eigenvalue weighted by molar-refractivity contribution is 5.71. The van der Waals surface area contributed by atoms with Gasteiger partial charge >= 0.3 is 17.9 Å². The summed E-state index contributed by atoms with van der Waals surface area (Å²) in [4.78, 5) is 38.2. The Morgan fingerprint density at radius 1 is 0.276 bits per heavy atom. The van der Waals surface area contributed by atoms with Gasteiger partial charge in [0.25, 0.3) is 0 Å². The van der Waals surface area contributed by atoms with Gasteiger partial charge in [-0.15, -0.1) is 0 Å². The largest absolute Gasteiger partial charge is 0.462 e. The molecule has 0 aliphatic rings. The van der Waals surface area contributed by atoms with Crippen molar-refractivity contribution in [3.63, 3.8) is 0 Å². The van der Waals surface area contributed by atoms with Crippen molar-refractivity contribution in [3.05, 3.63) is 72.9 Å². The van der Waals surface area contributed by atoms with Gasteiger partial charge in [0.2, 0.25) is 0 Å². The van der Waals surface area contributed by atoms with Crippen LogP contribution < -0.4 is 0 Å². The van der Waals surface area contributed by atoms with Crippen molar-refractivity contribution < 1.29 is 28.6 Å².